The number of benzene rings is 1. The Labute approximate surface area is 116 Å². The van der Waals surface area contributed by atoms with E-state index in [1.165, 1.54) is 42.5 Å². The van der Waals surface area contributed by atoms with Crippen LogP contribution in [0.1, 0.15) is 42.4 Å². The molecule has 2 saturated heterocycles. The highest BCUT2D eigenvalue weighted by Crippen LogP contribution is 2.37. The molecule has 3 rings (SSSR count). The predicted octanol–water partition coefficient (Wildman–Crippen LogP) is 2.84. The van der Waals surface area contributed by atoms with Crippen molar-refractivity contribution in [1.29, 1.82) is 0 Å². The predicted molar refractivity (Wildman–Crippen MR) is 78.4 cm³/mol. The summed E-state index contributed by atoms with van der Waals surface area (Å²) in [4.78, 5) is 2.51. The van der Waals surface area contributed by atoms with Gasteiger partial charge in [-0.05, 0) is 50.8 Å². The van der Waals surface area contributed by atoms with E-state index in [9.17, 15) is 5.11 Å². The van der Waals surface area contributed by atoms with Crippen molar-refractivity contribution in [2.24, 2.45) is 0 Å². The molecule has 0 bridgehead atoms. The Morgan fingerprint density at radius 2 is 2.11 bits per heavy atom. The molecule has 0 aromatic heterocycles. The van der Waals surface area contributed by atoms with Gasteiger partial charge in [-0.25, -0.2) is 0 Å². The summed E-state index contributed by atoms with van der Waals surface area (Å²) in [5, 5.41) is 11.1. The summed E-state index contributed by atoms with van der Waals surface area (Å²) in [5.74, 6) is 0. The van der Waals surface area contributed by atoms with E-state index in [4.69, 9.17) is 0 Å². The van der Waals surface area contributed by atoms with Crippen LogP contribution in [-0.2, 0) is 6.42 Å². The normalized spacial score (nSPS) is 31.4. The van der Waals surface area contributed by atoms with Crippen LogP contribution in [0.5, 0.6) is 0 Å². The van der Waals surface area contributed by atoms with Crippen LogP contribution in [0.4, 0.5) is 0 Å². The van der Waals surface area contributed by atoms with Crippen LogP contribution >= 0.6 is 0 Å². The van der Waals surface area contributed by atoms with Crippen LogP contribution in [0, 0.1) is 13.8 Å². The number of fused-ring (bicyclic) bond motifs is 1. The van der Waals surface area contributed by atoms with E-state index < -0.39 is 5.60 Å². The second-order valence-corrected chi connectivity index (χ2v) is 6.51. The number of aliphatic hydroxyl groups is 1. The van der Waals surface area contributed by atoms with Crippen LogP contribution in [0.25, 0.3) is 0 Å². The van der Waals surface area contributed by atoms with Gasteiger partial charge in [-0.1, -0.05) is 30.2 Å². The lowest BCUT2D eigenvalue weighted by Crippen LogP contribution is -2.48. The first-order valence-corrected chi connectivity index (χ1v) is 7.61. The summed E-state index contributed by atoms with van der Waals surface area (Å²) < 4.78 is 0. The molecule has 2 atom stereocenters. The van der Waals surface area contributed by atoms with Crippen LogP contribution in [0.15, 0.2) is 18.2 Å². The minimum absolute atomic E-state index is 0.390. The summed E-state index contributed by atoms with van der Waals surface area (Å²) in [6.07, 6.45) is 5.50. The molecule has 2 unspecified atom stereocenters. The quantitative estimate of drug-likeness (QED) is 0.883. The molecule has 2 aliphatic rings. The monoisotopic (exact) mass is 259 g/mol. The number of rotatable bonds is 2. The average Bonchev–Trinajstić information content (AvgIpc) is 2.73. The zero-order valence-electron chi connectivity index (χ0n) is 12.2. The zero-order chi connectivity index (χ0) is 13.5. The largest absolute Gasteiger partial charge is 0.388 e. The molecule has 0 spiro atoms. The molecule has 0 amide bonds. The van der Waals surface area contributed by atoms with Crippen molar-refractivity contribution >= 4 is 0 Å². The number of aryl methyl sites for hydroxylation is 2. The van der Waals surface area contributed by atoms with E-state index in [1.807, 2.05) is 0 Å². The van der Waals surface area contributed by atoms with Gasteiger partial charge < -0.3 is 5.11 Å². The van der Waals surface area contributed by atoms with Gasteiger partial charge in [0.05, 0.1) is 5.60 Å². The first-order chi connectivity index (χ1) is 9.08. The maximum Gasteiger partial charge on any atom is 0.0854 e. The fourth-order valence-electron chi connectivity index (χ4n) is 3.90. The molecule has 2 nitrogen and oxygen atoms in total. The third-order valence-electron chi connectivity index (χ3n) is 5.07. The molecule has 2 fully saturated rings. The van der Waals surface area contributed by atoms with Crippen molar-refractivity contribution in [3.05, 3.63) is 34.9 Å². The van der Waals surface area contributed by atoms with Gasteiger partial charge in [0.25, 0.3) is 0 Å². The van der Waals surface area contributed by atoms with Crippen molar-refractivity contribution < 1.29 is 5.11 Å². The third-order valence-corrected chi connectivity index (χ3v) is 5.07. The number of hydrogen-bond donors (Lipinski definition) is 1. The molecule has 2 heteroatoms. The minimum atomic E-state index is -0.501. The molecule has 0 aliphatic carbocycles. The van der Waals surface area contributed by atoms with Gasteiger partial charge in [-0.15, -0.1) is 0 Å². The fourth-order valence-corrected chi connectivity index (χ4v) is 3.90. The molecule has 104 valence electrons. The molecule has 0 radical (unpaired) electrons. The molecule has 1 aromatic rings. The topological polar surface area (TPSA) is 23.5 Å². The van der Waals surface area contributed by atoms with Gasteiger partial charge in [-0.3, -0.25) is 4.90 Å². The molecule has 19 heavy (non-hydrogen) atoms. The lowest BCUT2D eigenvalue weighted by Gasteiger charge is -2.37. The highest BCUT2D eigenvalue weighted by atomic mass is 16.3. The Morgan fingerprint density at radius 3 is 2.95 bits per heavy atom. The Balaban J connectivity index is 1.83. The van der Waals surface area contributed by atoms with E-state index in [1.54, 1.807) is 0 Å². The van der Waals surface area contributed by atoms with Crippen molar-refractivity contribution in [1.82, 2.24) is 4.90 Å². The molecule has 1 N–H and O–H groups in total. The molecule has 2 heterocycles. The van der Waals surface area contributed by atoms with E-state index in [2.05, 4.69) is 36.9 Å². The maximum absolute atomic E-state index is 11.1. The van der Waals surface area contributed by atoms with Crippen molar-refractivity contribution in [3.8, 4) is 0 Å². The maximum atomic E-state index is 11.1. The van der Waals surface area contributed by atoms with Gasteiger partial charge in [0, 0.05) is 19.0 Å². The minimum Gasteiger partial charge on any atom is -0.388 e. The van der Waals surface area contributed by atoms with E-state index >= 15 is 0 Å². The summed E-state index contributed by atoms with van der Waals surface area (Å²) in [6.45, 7) is 6.55. The Hall–Kier alpha value is -0.860. The van der Waals surface area contributed by atoms with Crippen LogP contribution < -0.4 is 0 Å². The molecular formula is C17H25NO. The Kier molecular flexibility index (Phi) is 3.40. The first-order valence-electron chi connectivity index (χ1n) is 7.61. The average molecular weight is 259 g/mol. The zero-order valence-corrected chi connectivity index (χ0v) is 12.2. The number of piperidine rings is 1. The van der Waals surface area contributed by atoms with E-state index in [0.29, 0.717) is 6.04 Å². The summed E-state index contributed by atoms with van der Waals surface area (Å²) in [5.41, 5.74) is 3.44. The van der Waals surface area contributed by atoms with Gasteiger partial charge in [-0.2, -0.15) is 0 Å². The lowest BCUT2D eigenvalue weighted by molar-refractivity contribution is -0.00897. The molecule has 0 saturated carbocycles. The van der Waals surface area contributed by atoms with E-state index in [-0.39, 0.29) is 0 Å². The van der Waals surface area contributed by atoms with Crippen molar-refractivity contribution in [2.75, 3.05) is 13.1 Å². The summed E-state index contributed by atoms with van der Waals surface area (Å²) >= 11 is 0. The summed E-state index contributed by atoms with van der Waals surface area (Å²) in [6, 6.07) is 6.98. The third kappa shape index (κ3) is 2.44. The van der Waals surface area contributed by atoms with Crippen LogP contribution in [0.2, 0.25) is 0 Å². The van der Waals surface area contributed by atoms with Crippen molar-refractivity contribution in [3.63, 3.8) is 0 Å². The van der Waals surface area contributed by atoms with Crippen molar-refractivity contribution in [2.45, 2.75) is 57.6 Å². The van der Waals surface area contributed by atoms with E-state index in [0.717, 1.165) is 19.4 Å². The first kappa shape index (κ1) is 13.1. The molecular weight excluding hydrogens is 234 g/mol. The van der Waals surface area contributed by atoms with Gasteiger partial charge in [0.1, 0.15) is 0 Å². The molecule has 2 aliphatic heterocycles. The Bertz CT molecular complexity index is 470. The second-order valence-electron chi connectivity index (χ2n) is 6.51. The van der Waals surface area contributed by atoms with Gasteiger partial charge >= 0.3 is 0 Å². The number of nitrogens with zero attached hydrogens (tertiary/aromatic N) is 1. The number of hydrogen-bond acceptors (Lipinski definition) is 2. The van der Waals surface area contributed by atoms with Gasteiger partial charge in [0.2, 0.25) is 0 Å². The molecule has 1 aromatic carbocycles. The Morgan fingerprint density at radius 1 is 1.26 bits per heavy atom. The SMILES string of the molecule is Cc1ccc(C)c(CC2(O)CCN3CCCCC32)c1. The summed E-state index contributed by atoms with van der Waals surface area (Å²) in [7, 11) is 0. The second kappa shape index (κ2) is 4.92. The highest BCUT2D eigenvalue weighted by Gasteiger charge is 2.46. The highest BCUT2D eigenvalue weighted by molar-refractivity contribution is 5.32. The van der Waals surface area contributed by atoms with Gasteiger partial charge in [0.15, 0.2) is 0 Å². The van der Waals surface area contributed by atoms with Crippen LogP contribution in [0.3, 0.4) is 0 Å². The smallest absolute Gasteiger partial charge is 0.0854 e. The lowest BCUT2D eigenvalue weighted by atomic mass is 9.82. The standard InChI is InChI=1S/C17H25NO/c1-13-6-7-14(2)15(11-13)12-17(19)8-10-18-9-4-3-5-16(17)18/h6-7,11,16,19H,3-5,8-10,12H2,1-2H3. The van der Waals surface area contributed by atoms with Crippen LogP contribution in [-0.4, -0.2) is 34.7 Å². The fraction of sp³-hybridized carbons (Fsp3) is 0.647.